The van der Waals surface area contributed by atoms with Gasteiger partial charge >= 0.3 is 5.97 Å². The molecule has 0 spiro atoms. The zero-order valence-corrected chi connectivity index (χ0v) is 10.6. The Hall–Kier alpha value is -1.81. The summed E-state index contributed by atoms with van der Waals surface area (Å²) in [7, 11) is 0. The molecule has 1 aliphatic heterocycles. The standard InChI is InChI=1S/C14H17NO3/c1-3-9-7-10-5-6-11(14(17)18-4-2)8-12(10)15-13(9)16/h5-8,13,15-16H,3-4H2,1-2H3. The molecule has 0 bridgehead atoms. The molecule has 1 aromatic rings. The molecule has 96 valence electrons. The molecule has 1 aliphatic rings. The van der Waals surface area contributed by atoms with Crippen molar-refractivity contribution < 1.29 is 14.6 Å². The van der Waals surface area contributed by atoms with E-state index in [1.807, 2.05) is 19.1 Å². The van der Waals surface area contributed by atoms with Gasteiger partial charge in [-0.15, -0.1) is 0 Å². The Labute approximate surface area is 106 Å². The first kappa shape index (κ1) is 12.6. The van der Waals surface area contributed by atoms with Gasteiger partial charge in [-0.05, 0) is 42.7 Å². The third kappa shape index (κ3) is 2.38. The van der Waals surface area contributed by atoms with Gasteiger partial charge in [0.15, 0.2) is 0 Å². The van der Waals surface area contributed by atoms with Crippen LogP contribution in [0.15, 0.2) is 23.8 Å². The van der Waals surface area contributed by atoms with Crippen molar-refractivity contribution >= 4 is 17.7 Å². The van der Waals surface area contributed by atoms with Gasteiger partial charge in [-0.3, -0.25) is 0 Å². The maximum atomic E-state index is 11.6. The number of aliphatic hydroxyl groups is 1. The summed E-state index contributed by atoms with van der Waals surface area (Å²) < 4.78 is 4.94. The number of esters is 1. The molecule has 0 aliphatic carbocycles. The molecule has 0 saturated carbocycles. The van der Waals surface area contributed by atoms with Crippen LogP contribution < -0.4 is 5.32 Å². The van der Waals surface area contributed by atoms with Gasteiger partial charge in [-0.25, -0.2) is 4.79 Å². The van der Waals surface area contributed by atoms with Crippen LogP contribution in [0.25, 0.3) is 6.08 Å². The van der Waals surface area contributed by atoms with E-state index in [-0.39, 0.29) is 5.97 Å². The number of aliphatic hydroxyl groups excluding tert-OH is 1. The van der Waals surface area contributed by atoms with Crippen molar-refractivity contribution in [3.8, 4) is 0 Å². The molecule has 4 nitrogen and oxygen atoms in total. The number of hydrogen-bond donors (Lipinski definition) is 2. The predicted octanol–water partition coefficient (Wildman–Crippen LogP) is 2.40. The van der Waals surface area contributed by atoms with Gasteiger partial charge in [0.2, 0.25) is 0 Å². The van der Waals surface area contributed by atoms with Gasteiger partial charge in [0.25, 0.3) is 0 Å². The van der Waals surface area contributed by atoms with E-state index in [0.717, 1.165) is 23.2 Å². The van der Waals surface area contributed by atoms with Crippen LogP contribution in [0.4, 0.5) is 5.69 Å². The van der Waals surface area contributed by atoms with Crippen LogP contribution in [-0.2, 0) is 4.74 Å². The molecule has 0 aromatic heterocycles. The van der Waals surface area contributed by atoms with E-state index < -0.39 is 6.23 Å². The second kappa shape index (κ2) is 5.23. The van der Waals surface area contributed by atoms with Crippen molar-refractivity contribution in [3.05, 3.63) is 34.9 Å². The molecule has 18 heavy (non-hydrogen) atoms. The predicted molar refractivity (Wildman–Crippen MR) is 70.3 cm³/mol. The minimum absolute atomic E-state index is 0.346. The maximum absolute atomic E-state index is 11.6. The molecule has 1 unspecified atom stereocenters. The van der Waals surface area contributed by atoms with Gasteiger partial charge < -0.3 is 15.2 Å². The summed E-state index contributed by atoms with van der Waals surface area (Å²) >= 11 is 0. The molecule has 1 aromatic carbocycles. The SMILES string of the molecule is CCOC(=O)c1ccc2c(c1)NC(O)C(CC)=C2. The van der Waals surface area contributed by atoms with Crippen LogP contribution in [0.1, 0.15) is 36.2 Å². The van der Waals surface area contributed by atoms with E-state index in [4.69, 9.17) is 4.74 Å². The highest BCUT2D eigenvalue weighted by Crippen LogP contribution is 2.28. The summed E-state index contributed by atoms with van der Waals surface area (Å²) in [6.07, 6.45) is 2.05. The van der Waals surface area contributed by atoms with E-state index in [1.54, 1.807) is 19.1 Å². The van der Waals surface area contributed by atoms with Crippen molar-refractivity contribution in [3.63, 3.8) is 0 Å². The first-order valence-electron chi connectivity index (χ1n) is 6.12. The average Bonchev–Trinajstić information content (AvgIpc) is 2.37. The Kier molecular flexibility index (Phi) is 3.67. The van der Waals surface area contributed by atoms with E-state index in [9.17, 15) is 9.90 Å². The lowest BCUT2D eigenvalue weighted by atomic mass is 10.00. The third-order valence-electron chi connectivity index (χ3n) is 2.96. The van der Waals surface area contributed by atoms with Crippen molar-refractivity contribution in [2.45, 2.75) is 26.5 Å². The number of carbonyl (C=O) groups is 1. The molecule has 1 heterocycles. The van der Waals surface area contributed by atoms with E-state index in [2.05, 4.69) is 5.32 Å². The fourth-order valence-electron chi connectivity index (χ4n) is 1.96. The number of benzene rings is 1. The zero-order valence-electron chi connectivity index (χ0n) is 10.6. The molecule has 0 radical (unpaired) electrons. The number of carbonyl (C=O) groups excluding carboxylic acids is 1. The molecule has 4 heteroatoms. The Morgan fingerprint density at radius 3 is 2.89 bits per heavy atom. The summed E-state index contributed by atoms with van der Waals surface area (Å²) in [6.45, 7) is 4.12. The lowest BCUT2D eigenvalue weighted by molar-refractivity contribution is 0.0526. The molecule has 2 rings (SSSR count). The van der Waals surface area contributed by atoms with Gasteiger partial charge in [-0.2, -0.15) is 0 Å². The summed E-state index contributed by atoms with van der Waals surface area (Å²) in [4.78, 5) is 11.6. The first-order valence-corrected chi connectivity index (χ1v) is 6.12. The number of ether oxygens (including phenoxy) is 1. The fourth-order valence-corrected chi connectivity index (χ4v) is 1.96. The van der Waals surface area contributed by atoms with Gasteiger partial charge in [0.05, 0.1) is 12.2 Å². The number of rotatable bonds is 3. The van der Waals surface area contributed by atoms with Gasteiger partial charge in [0, 0.05) is 5.69 Å². The van der Waals surface area contributed by atoms with Crippen molar-refractivity contribution in [1.82, 2.24) is 0 Å². The summed E-state index contributed by atoms with van der Waals surface area (Å²) in [6, 6.07) is 5.30. The second-order valence-electron chi connectivity index (χ2n) is 4.14. The summed E-state index contributed by atoms with van der Waals surface area (Å²) in [5, 5.41) is 12.8. The molecule has 0 saturated heterocycles. The molecule has 2 N–H and O–H groups in total. The number of hydrogen-bond acceptors (Lipinski definition) is 4. The Morgan fingerprint density at radius 1 is 1.44 bits per heavy atom. The topological polar surface area (TPSA) is 58.6 Å². The summed E-state index contributed by atoms with van der Waals surface area (Å²) in [5.74, 6) is -0.346. The zero-order chi connectivity index (χ0) is 13.1. The van der Waals surface area contributed by atoms with Crippen LogP contribution in [0, 0.1) is 0 Å². The van der Waals surface area contributed by atoms with Crippen LogP contribution in [-0.4, -0.2) is 23.9 Å². The highest BCUT2D eigenvalue weighted by atomic mass is 16.5. The van der Waals surface area contributed by atoms with Crippen LogP contribution in [0.5, 0.6) is 0 Å². The monoisotopic (exact) mass is 247 g/mol. The van der Waals surface area contributed by atoms with Crippen molar-refractivity contribution in [1.29, 1.82) is 0 Å². The minimum atomic E-state index is -0.681. The second-order valence-corrected chi connectivity index (χ2v) is 4.14. The molecule has 0 amide bonds. The smallest absolute Gasteiger partial charge is 0.338 e. The normalized spacial score (nSPS) is 17.5. The number of fused-ring (bicyclic) bond motifs is 1. The lowest BCUT2D eigenvalue weighted by Crippen LogP contribution is -2.24. The largest absolute Gasteiger partial charge is 0.462 e. The number of nitrogens with one attached hydrogen (secondary N) is 1. The van der Waals surface area contributed by atoms with Crippen LogP contribution >= 0.6 is 0 Å². The Bertz CT molecular complexity index is 494. The first-order chi connectivity index (χ1) is 8.65. The Balaban J connectivity index is 2.32. The molecular weight excluding hydrogens is 230 g/mol. The van der Waals surface area contributed by atoms with E-state index in [0.29, 0.717) is 12.2 Å². The van der Waals surface area contributed by atoms with E-state index in [1.165, 1.54) is 0 Å². The quantitative estimate of drug-likeness (QED) is 0.805. The van der Waals surface area contributed by atoms with E-state index >= 15 is 0 Å². The number of anilines is 1. The third-order valence-corrected chi connectivity index (χ3v) is 2.96. The lowest BCUT2D eigenvalue weighted by Gasteiger charge is -2.24. The van der Waals surface area contributed by atoms with Gasteiger partial charge in [0.1, 0.15) is 6.23 Å². The molecule has 0 fully saturated rings. The highest BCUT2D eigenvalue weighted by molar-refractivity contribution is 5.92. The average molecular weight is 247 g/mol. The molecule has 1 atom stereocenters. The highest BCUT2D eigenvalue weighted by Gasteiger charge is 2.18. The van der Waals surface area contributed by atoms with Gasteiger partial charge in [-0.1, -0.05) is 13.0 Å². The van der Waals surface area contributed by atoms with Crippen LogP contribution in [0.3, 0.4) is 0 Å². The Morgan fingerprint density at radius 2 is 2.22 bits per heavy atom. The molecular formula is C14H17NO3. The van der Waals surface area contributed by atoms with Crippen LogP contribution in [0.2, 0.25) is 0 Å². The maximum Gasteiger partial charge on any atom is 0.338 e. The summed E-state index contributed by atoms with van der Waals surface area (Å²) in [5.41, 5.74) is 3.16. The van der Waals surface area contributed by atoms with Crippen molar-refractivity contribution in [2.75, 3.05) is 11.9 Å². The van der Waals surface area contributed by atoms with Crippen molar-refractivity contribution in [2.24, 2.45) is 0 Å². The minimum Gasteiger partial charge on any atom is -0.462 e. The fraction of sp³-hybridized carbons (Fsp3) is 0.357.